The molecule has 6 aromatic rings. The Balaban J connectivity index is 1.35. The molecule has 0 aliphatic heterocycles. The van der Waals surface area contributed by atoms with Gasteiger partial charge in [0.15, 0.2) is 17.0 Å². The van der Waals surface area contributed by atoms with Gasteiger partial charge < -0.3 is 14.6 Å². The van der Waals surface area contributed by atoms with Crippen LogP contribution in [0.25, 0.3) is 27.9 Å². The first-order valence-electron chi connectivity index (χ1n) is 12.1. The molecule has 0 aliphatic carbocycles. The van der Waals surface area contributed by atoms with Gasteiger partial charge in [0.1, 0.15) is 12.1 Å². The fourth-order valence-corrected chi connectivity index (χ4v) is 4.33. The van der Waals surface area contributed by atoms with E-state index in [1.165, 1.54) is 5.56 Å². The Labute approximate surface area is 213 Å². The lowest BCUT2D eigenvalue weighted by Crippen LogP contribution is -2.10. The Morgan fingerprint density at radius 3 is 2.43 bits per heavy atom. The summed E-state index contributed by atoms with van der Waals surface area (Å²) in [7, 11) is 3.64. The van der Waals surface area contributed by atoms with E-state index >= 15 is 0 Å². The number of hydrogen-bond donors (Lipinski definition) is 2. The number of para-hydroxylation sites is 3. The van der Waals surface area contributed by atoms with Crippen molar-refractivity contribution in [1.29, 1.82) is 0 Å². The average Bonchev–Trinajstić information content (AvgIpc) is 3.51. The quantitative estimate of drug-likeness (QED) is 0.306. The van der Waals surface area contributed by atoms with E-state index in [2.05, 4.69) is 27.8 Å². The number of anilines is 3. The molecule has 0 fully saturated rings. The molecular formula is C28H26N8O. The molecule has 0 saturated carbocycles. The second kappa shape index (κ2) is 9.62. The van der Waals surface area contributed by atoms with Crippen molar-refractivity contribution in [3.63, 3.8) is 0 Å². The summed E-state index contributed by atoms with van der Waals surface area (Å²) in [5.74, 6) is 2.61. The maximum absolute atomic E-state index is 5.26. The van der Waals surface area contributed by atoms with E-state index < -0.39 is 0 Å². The van der Waals surface area contributed by atoms with Gasteiger partial charge in [-0.25, -0.2) is 9.97 Å². The molecule has 0 spiro atoms. The maximum atomic E-state index is 5.26. The first-order valence-corrected chi connectivity index (χ1v) is 12.1. The second-order valence-corrected chi connectivity index (χ2v) is 8.65. The van der Waals surface area contributed by atoms with Gasteiger partial charge in [-0.2, -0.15) is 9.97 Å². The molecule has 6 rings (SSSR count). The minimum Gasteiger partial charge on any atom is -0.497 e. The number of hydrogen-bond acceptors (Lipinski definition) is 7. The monoisotopic (exact) mass is 490 g/mol. The van der Waals surface area contributed by atoms with Gasteiger partial charge in [0, 0.05) is 19.3 Å². The van der Waals surface area contributed by atoms with Crippen LogP contribution in [-0.4, -0.2) is 42.7 Å². The predicted molar refractivity (Wildman–Crippen MR) is 146 cm³/mol. The molecule has 0 radical (unpaired) electrons. The number of fused-ring (bicyclic) bond motifs is 2. The van der Waals surface area contributed by atoms with Crippen molar-refractivity contribution in [2.24, 2.45) is 7.05 Å². The Bertz CT molecular complexity index is 1670. The van der Waals surface area contributed by atoms with Gasteiger partial charge in [0.25, 0.3) is 0 Å². The molecule has 3 aromatic carbocycles. The largest absolute Gasteiger partial charge is 0.497 e. The first kappa shape index (κ1) is 22.5. The lowest BCUT2D eigenvalue weighted by atomic mass is 10.1. The summed E-state index contributed by atoms with van der Waals surface area (Å²) in [6.07, 6.45) is 2.60. The molecule has 0 aliphatic rings. The molecule has 0 amide bonds. The molecule has 9 nitrogen and oxygen atoms in total. The molecule has 0 unspecified atom stereocenters. The standard InChI is InChI=1S/C28H26N8O/c1-35-23-11-7-6-10-22(23)31-28(35)34-27-32-25(29-17-16-19-12-14-21(37-2)15-13-19)24-26(33-27)36(18-30-24)20-8-4-3-5-9-20/h3-15,18H,16-17H2,1-2H3,(H2,29,31,32,33,34). The third-order valence-electron chi connectivity index (χ3n) is 6.31. The van der Waals surface area contributed by atoms with Crippen LogP contribution in [-0.2, 0) is 13.5 Å². The summed E-state index contributed by atoms with van der Waals surface area (Å²) in [5, 5.41) is 6.79. The molecule has 3 heterocycles. The zero-order chi connectivity index (χ0) is 25.2. The van der Waals surface area contributed by atoms with Crippen molar-refractivity contribution >= 4 is 39.9 Å². The molecule has 37 heavy (non-hydrogen) atoms. The second-order valence-electron chi connectivity index (χ2n) is 8.65. The van der Waals surface area contributed by atoms with E-state index in [4.69, 9.17) is 19.7 Å². The molecule has 9 heteroatoms. The Kier molecular flexibility index (Phi) is 5.86. The minimum absolute atomic E-state index is 0.440. The van der Waals surface area contributed by atoms with Gasteiger partial charge in [0.05, 0.1) is 18.1 Å². The number of nitrogens with one attached hydrogen (secondary N) is 2. The van der Waals surface area contributed by atoms with Gasteiger partial charge in [-0.05, 0) is 48.4 Å². The number of methoxy groups -OCH3 is 1. The maximum Gasteiger partial charge on any atom is 0.233 e. The first-order chi connectivity index (χ1) is 18.2. The van der Waals surface area contributed by atoms with Crippen LogP contribution in [0, 0.1) is 0 Å². The Morgan fingerprint density at radius 2 is 1.65 bits per heavy atom. The van der Waals surface area contributed by atoms with Gasteiger partial charge in [-0.1, -0.05) is 42.5 Å². The van der Waals surface area contributed by atoms with Crippen molar-refractivity contribution < 1.29 is 4.74 Å². The highest BCUT2D eigenvalue weighted by Gasteiger charge is 2.16. The average molecular weight is 491 g/mol. The SMILES string of the molecule is COc1ccc(CCNc2nc(Nc3nc4ccccc4n3C)nc3c2ncn3-c2ccccc2)cc1. The highest BCUT2D eigenvalue weighted by molar-refractivity contribution is 5.86. The van der Waals surface area contributed by atoms with Crippen molar-refractivity contribution in [2.45, 2.75) is 6.42 Å². The molecule has 0 saturated heterocycles. The minimum atomic E-state index is 0.440. The molecule has 0 bridgehead atoms. The molecule has 2 N–H and O–H groups in total. The summed E-state index contributed by atoms with van der Waals surface area (Å²) in [5.41, 5.74) is 5.51. The van der Waals surface area contributed by atoms with Gasteiger partial charge in [-0.15, -0.1) is 0 Å². The lowest BCUT2D eigenvalue weighted by Gasteiger charge is -2.11. The highest BCUT2D eigenvalue weighted by atomic mass is 16.5. The van der Waals surface area contributed by atoms with E-state index in [1.807, 2.05) is 82.9 Å². The summed E-state index contributed by atoms with van der Waals surface area (Å²) < 4.78 is 9.22. The van der Waals surface area contributed by atoms with Gasteiger partial charge in [-0.3, -0.25) is 9.88 Å². The summed E-state index contributed by atoms with van der Waals surface area (Å²) in [6.45, 7) is 0.683. The number of benzene rings is 3. The van der Waals surface area contributed by atoms with Gasteiger partial charge in [0.2, 0.25) is 11.9 Å². The van der Waals surface area contributed by atoms with Crippen molar-refractivity contribution in [3.8, 4) is 11.4 Å². The summed E-state index contributed by atoms with van der Waals surface area (Å²) in [4.78, 5) is 19.0. The molecule has 184 valence electrons. The van der Waals surface area contributed by atoms with Crippen molar-refractivity contribution in [2.75, 3.05) is 24.3 Å². The summed E-state index contributed by atoms with van der Waals surface area (Å²) >= 11 is 0. The van der Waals surface area contributed by atoms with E-state index in [9.17, 15) is 0 Å². The zero-order valence-corrected chi connectivity index (χ0v) is 20.6. The normalized spacial score (nSPS) is 11.2. The van der Waals surface area contributed by atoms with Crippen LogP contribution in [0.15, 0.2) is 85.2 Å². The predicted octanol–water partition coefficient (Wildman–Crippen LogP) is 5.11. The van der Waals surface area contributed by atoms with E-state index in [0.29, 0.717) is 35.4 Å². The zero-order valence-electron chi connectivity index (χ0n) is 20.6. The fourth-order valence-electron chi connectivity index (χ4n) is 4.33. The lowest BCUT2D eigenvalue weighted by molar-refractivity contribution is 0.414. The smallest absolute Gasteiger partial charge is 0.233 e. The van der Waals surface area contributed by atoms with Crippen LogP contribution in [0.1, 0.15) is 5.56 Å². The number of imidazole rings is 2. The number of aryl methyl sites for hydroxylation is 1. The Morgan fingerprint density at radius 1 is 0.865 bits per heavy atom. The number of nitrogens with zero attached hydrogens (tertiary/aromatic N) is 6. The van der Waals surface area contributed by atoms with Gasteiger partial charge >= 0.3 is 0 Å². The highest BCUT2D eigenvalue weighted by Crippen LogP contribution is 2.26. The number of aromatic nitrogens is 6. The van der Waals surface area contributed by atoms with Crippen molar-refractivity contribution in [3.05, 3.63) is 90.8 Å². The molecular weight excluding hydrogens is 464 g/mol. The van der Waals surface area contributed by atoms with Crippen LogP contribution in [0.4, 0.5) is 17.7 Å². The number of ether oxygens (including phenoxy) is 1. The van der Waals surface area contributed by atoms with E-state index in [1.54, 1.807) is 13.4 Å². The van der Waals surface area contributed by atoms with Crippen LogP contribution in [0.5, 0.6) is 5.75 Å². The molecule has 3 aromatic heterocycles. The molecule has 0 atom stereocenters. The van der Waals surface area contributed by atoms with Crippen molar-refractivity contribution in [1.82, 2.24) is 29.1 Å². The topological polar surface area (TPSA) is 94.7 Å². The fraction of sp³-hybridized carbons (Fsp3) is 0.143. The third-order valence-corrected chi connectivity index (χ3v) is 6.31. The van der Waals surface area contributed by atoms with E-state index in [0.717, 1.165) is 28.9 Å². The third kappa shape index (κ3) is 4.42. The van der Waals surface area contributed by atoms with Crippen LogP contribution >= 0.6 is 0 Å². The summed E-state index contributed by atoms with van der Waals surface area (Å²) in [6, 6.07) is 26.1. The number of rotatable bonds is 8. The van der Waals surface area contributed by atoms with Crippen LogP contribution < -0.4 is 15.4 Å². The van der Waals surface area contributed by atoms with E-state index in [-0.39, 0.29) is 0 Å². The van der Waals surface area contributed by atoms with Crippen LogP contribution in [0.2, 0.25) is 0 Å². The van der Waals surface area contributed by atoms with Crippen LogP contribution in [0.3, 0.4) is 0 Å². The Hall–Kier alpha value is -4.92.